The molecule has 2 aromatic carbocycles. The van der Waals surface area contributed by atoms with Gasteiger partial charge >= 0.3 is 0 Å². The fourth-order valence-corrected chi connectivity index (χ4v) is 2.18. The third-order valence-electron chi connectivity index (χ3n) is 3.32. The van der Waals surface area contributed by atoms with Crippen LogP contribution in [0.1, 0.15) is 5.56 Å². The molecule has 9 heteroatoms. The summed E-state index contributed by atoms with van der Waals surface area (Å²) in [4.78, 5) is 12.1. The molecule has 2 rings (SSSR count). The van der Waals surface area contributed by atoms with Gasteiger partial charge in [0.2, 0.25) is 0 Å². The van der Waals surface area contributed by atoms with Crippen molar-refractivity contribution in [3.05, 3.63) is 48.0 Å². The average molecular weight is 388 g/mol. The summed E-state index contributed by atoms with van der Waals surface area (Å²) in [5, 5.41) is 6.67. The lowest BCUT2D eigenvalue weighted by Crippen LogP contribution is -2.24. The van der Waals surface area contributed by atoms with Crippen LogP contribution in [0.5, 0.6) is 17.2 Å². The van der Waals surface area contributed by atoms with Gasteiger partial charge in [0.1, 0.15) is 5.75 Å². The first-order chi connectivity index (χ1) is 13.0. The van der Waals surface area contributed by atoms with E-state index in [9.17, 15) is 4.79 Å². The second-order valence-corrected chi connectivity index (χ2v) is 5.62. The van der Waals surface area contributed by atoms with Gasteiger partial charge < -0.3 is 25.3 Å². The maximum atomic E-state index is 12.1. The molecular formula is C18H20N4O4S. The number of anilines is 1. The van der Waals surface area contributed by atoms with Crippen molar-refractivity contribution in [2.24, 2.45) is 10.8 Å². The zero-order valence-corrected chi connectivity index (χ0v) is 15.7. The van der Waals surface area contributed by atoms with E-state index in [4.69, 9.17) is 19.9 Å². The Hall–Kier alpha value is -3.33. The topological polar surface area (TPSA) is 107 Å². The highest BCUT2D eigenvalue weighted by molar-refractivity contribution is 7.80. The van der Waals surface area contributed by atoms with Gasteiger partial charge in [-0.2, -0.15) is 5.10 Å². The number of ether oxygens (including phenoxy) is 3. The number of nitrogens with one attached hydrogen (secondary N) is 2. The summed E-state index contributed by atoms with van der Waals surface area (Å²) in [7, 11) is 3.04. The number of methoxy groups -OCH3 is 2. The van der Waals surface area contributed by atoms with Crippen molar-refractivity contribution in [3.8, 4) is 17.2 Å². The molecule has 4 N–H and O–H groups in total. The Bertz CT molecular complexity index is 842. The molecule has 0 unspecified atom stereocenters. The van der Waals surface area contributed by atoms with Crippen molar-refractivity contribution in [1.29, 1.82) is 0 Å². The molecule has 0 aliphatic heterocycles. The Morgan fingerprint density at radius 2 is 1.89 bits per heavy atom. The molecule has 1 amide bonds. The van der Waals surface area contributed by atoms with Gasteiger partial charge in [-0.1, -0.05) is 12.1 Å². The van der Waals surface area contributed by atoms with Crippen LogP contribution < -0.4 is 30.7 Å². The molecule has 0 aliphatic rings. The molecule has 8 nitrogen and oxygen atoms in total. The molecule has 2 aromatic rings. The van der Waals surface area contributed by atoms with Crippen LogP contribution in [0.25, 0.3) is 0 Å². The van der Waals surface area contributed by atoms with Crippen molar-refractivity contribution in [1.82, 2.24) is 5.43 Å². The maximum Gasteiger partial charge on any atom is 0.262 e. The molecular weight excluding hydrogens is 368 g/mol. The van der Waals surface area contributed by atoms with Crippen LogP contribution in [0.15, 0.2) is 47.6 Å². The van der Waals surface area contributed by atoms with Crippen LogP contribution in [-0.2, 0) is 4.79 Å². The van der Waals surface area contributed by atoms with Gasteiger partial charge in [-0.25, -0.2) is 0 Å². The number of hydrazone groups is 1. The third kappa shape index (κ3) is 6.15. The first kappa shape index (κ1) is 20.0. The standard InChI is InChI=1S/C18H20N4O4S/c1-24-14-6-4-3-5-13(14)21-17(23)11-26-15-8-7-12(9-16(15)25-2)10-20-22-18(19)27/h3-10H,11H2,1-2H3,(H,21,23)(H3,19,22,27)/b20-10-. The zero-order valence-electron chi connectivity index (χ0n) is 14.9. The minimum absolute atomic E-state index is 0.0687. The summed E-state index contributed by atoms with van der Waals surface area (Å²) < 4.78 is 16.0. The number of amides is 1. The number of hydrogen-bond acceptors (Lipinski definition) is 6. The minimum atomic E-state index is -0.326. The fraction of sp³-hybridized carbons (Fsp3) is 0.167. The van der Waals surface area contributed by atoms with Crippen LogP contribution in [-0.4, -0.2) is 38.1 Å². The third-order valence-corrected chi connectivity index (χ3v) is 3.41. The SMILES string of the molecule is COc1ccccc1NC(=O)COc1ccc(/C=N\NC(N)=S)cc1OC. The number of rotatable bonds is 8. The maximum absolute atomic E-state index is 12.1. The van der Waals surface area contributed by atoms with E-state index in [0.29, 0.717) is 22.9 Å². The van der Waals surface area contributed by atoms with Crippen molar-refractivity contribution in [2.45, 2.75) is 0 Å². The molecule has 0 saturated carbocycles. The van der Waals surface area contributed by atoms with Crippen molar-refractivity contribution in [3.63, 3.8) is 0 Å². The van der Waals surface area contributed by atoms with Crippen molar-refractivity contribution >= 4 is 35.1 Å². The van der Waals surface area contributed by atoms with Gasteiger partial charge in [0.25, 0.3) is 5.91 Å². The monoisotopic (exact) mass is 388 g/mol. The molecule has 0 radical (unpaired) electrons. The summed E-state index contributed by atoms with van der Waals surface area (Å²) in [6.07, 6.45) is 1.53. The second-order valence-electron chi connectivity index (χ2n) is 5.18. The average Bonchev–Trinajstić information content (AvgIpc) is 2.67. The fourth-order valence-electron chi connectivity index (χ4n) is 2.13. The molecule has 142 valence electrons. The van der Waals surface area contributed by atoms with E-state index < -0.39 is 0 Å². The summed E-state index contributed by atoms with van der Waals surface area (Å²) in [6.45, 7) is -0.190. The van der Waals surface area contributed by atoms with Crippen LogP contribution in [0.3, 0.4) is 0 Å². The predicted molar refractivity (Wildman–Crippen MR) is 108 cm³/mol. The zero-order chi connectivity index (χ0) is 19.6. The Kier molecular flexibility index (Phi) is 7.38. The molecule has 0 bridgehead atoms. The van der Waals surface area contributed by atoms with Gasteiger partial charge in [0, 0.05) is 0 Å². The molecule has 0 aromatic heterocycles. The van der Waals surface area contributed by atoms with Crippen LogP contribution in [0.2, 0.25) is 0 Å². The molecule has 0 aliphatic carbocycles. The Morgan fingerprint density at radius 3 is 2.59 bits per heavy atom. The van der Waals surface area contributed by atoms with E-state index in [1.807, 2.05) is 6.07 Å². The van der Waals surface area contributed by atoms with E-state index in [1.54, 1.807) is 36.4 Å². The lowest BCUT2D eigenvalue weighted by Gasteiger charge is -2.12. The lowest BCUT2D eigenvalue weighted by atomic mass is 10.2. The van der Waals surface area contributed by atoms with Crippen LogP contribution >= 0.6 is 12.2 Å². The summed E-state index contributed by atoms with van der Waals surface area (Å²) in [6, 6.07) is 12.3. The number of carbonyl (C=O) groups excluding carboxylic acids is 1. The highest BCUT2D eigenvalue weighted by atomic mass is 32.1. The Morgan fingerprint density at radius 1 is 1.15 bits per heavy atom. The largest absolute Gasteiger partial charge is 0.495 e. The highest BCUT2D eigenvalue weighted by Gasteiger charge is 2.10. The quantitative estimate of drug-likeness (QED) is 0.360. The van der Waals surface area contributed by atoms with Gasteiger partial charge in [0.15, 0.2) is 23.2 Å². The summed E-state index contributed by atoms with van der Waals surface area (Å²) in [5.41, 5.74) is 9.06. The molecule has 0 saturated heterocycles. The highest BCUT2D eigenvalue weighted by Crippen LogP contribution is 2.28. The van der Waals surface area contributed by atoms with E-state index in [-0.39, 0.29) is 17.6 Å². The first-order valence-corrected chi connectivity index (χ1v) is 8.26. The van der Waals surface area contributed by atoms with Crippen molar-refractivity contribution < 1.29 is 19.0 Å². The number of nitrogens with two attached hydrogens (primary N) is 1. The number of nitrogens with zero attached hydrogens (tertiary/aromatic N) is 1. The van der Waals surface area contributed by atoms with E-state index in [1.165, 1.54) is 20.4 Å². The smallest absolute Gasteiger partial charge is 0.262 e. The Balaban J connectivity index is 1.99. The lowest BCUT2D eigenvalue weighted by molar-refractivity contribution is -0.118. The number of benzene rings is 2. The van der Waals surface area contributed by atoms with Crippen LogP contribution in [0.4, 0.5) is 5.69 Å². The molecule has 0 heterocycles. The van der Waals surface area contributed by atoms with E-state index in [0.717, 1.165) is 5.56 Å². The van der Waals surface area contributed by atoms with Crippen LogP contribution in [0, 0.1) is 0 Å². The summed E-state index contributed by atoms with van der Waals surface area (Å²) >= 11 is 4.66. The minimum Gasteiger partial charge on any atom is -0.495 e. The number of carbonyl (C=O) groups is 1. The normalized spacial score (nSPS) is 10.3. The van der Waals surface area contributed by atoms with Gasteiger partial charge in [0.05, 0.1) is 26.1 Å². The predicted octanol–water partition coefficient (Wildman–Crippen LogP) is 1.89. The van der Waals surface area contributed by atoms with Gasteiger partial charge in [-0.05, 0) is 48.1 Å². The first-order valence-electron chi connectivity index (χ1n) is 7.85. The van der Waals surface area contributed by atoms with Crippen molar-refractivity contribution in [2.75, 3.05) is 26.1 Å². The summed E-state index contributed by atoms with van der Waals surface area (Å²) in [5.74, 6) is 1.12. The molecule has 27 heavy (non-hydrogen) atoms. The molecule has 0 atom stereocenters. The number of thiocarbonyl (C=S) groups is 1. The number of hydrogen-bond donors (Lipinski definition) is 3. The molecule has 0 spiro atoms. The number of para-hydroxylation sites is 2. The second kappa shape index (κ2) is 9.97. The molecule has 0 fully saturated rings. The van der Waals surface area contributed by atoms with E-state index >= 15 is 0 Å². The van der Waals surface area contributed by atoms with E-state index in [2.05, 4.69) is 28.1 Å². The Labute approximate surface area is 162 Å². The van der Waals surface area contributed by atoms with Gasteiger partial charge in [-0.3, -0.25) is 10.2 Å². The van der Waals surface area contributed by atoms with Gasteiger partial charge in [-0.15, -0.1) is 0 Å².